The van der Waals surface area contributed by atoms with Crippen LogP contribution in [-0.4, -0.2) is 42.5 Å². The number of aromatic amines is 1. The summed E-state index contributed by atoms with van der Waals surface area (Å²) in [6.07, 6.45) is 0.247. The third kappa shape index (κ3) is 3.83. The van der Waals surface area contributed by atoms with Crippen molar-refractivity contribution in [2.45, 2.75) is 18.5 Å². The van der Waals surface area contributed by atoms with Gasteiger partial charge in [0.1, 0.15) is 23.1 Å². The van der Waals surface area contributed by atoms with Gasteiger partial charge >= 0.3 is 0 Å². The number of hydrogen-bond acceptors (Lipinski definition) is 3. The quantitative estimate of drug-likeness (QED) is 0.461. The summed E-state index contributed by atoms with van der Waals surface area (Å²) >= 11 is 0. The van der Waals surface area contributed by atoms with E-state index < -0.39 is 44.0 Å². The largest absolute Gasteiger partial charge is 0.430 e. The van der Waals surface area contributed by atoms with Gasteiger partial charge in [-0.05, 0) is 47.9 Å². The van der Waals surface area contributed by atoms with Crippen LogP contribution in [-0.2, 0) is 16.0 Å². The molecule has 2 amide bonds. The summed E-state index contributed by atoms with van der Waals surface area (Å²) in [5.41, 5.74) is 0.700. The highest BCUT2D eigenvalue weighted by Crippen LogP contribution is 2.33. The SMILES string of the molecule is O=C(CCc1c(-c2ccc(F)cc2)[nH]c2c(F)cc(F)cc12)N[C@@H]1C(=O)NC[SiH]1O. The molecule has 0 aliphatic carbocycles. The van der Waals surface area contributed by atoms with E-state index in [-0.39, 0.29) is 29.9 Å². The van der Waals surface area contributed by atoms with Crippen LogP contribution in [0.25, 0.3) is 22.2 Å². The number of benzene rings is 2. The number of carbonyl (C=O) groups is 2. The Bertz CT molecular complexity index is 1130. The maximum absolute atomic E-state index is 14.3. The lowest BCUT2D eigenvalue weighted by molar-refractivity contribution is -0.126. The number of aryl methyl sites for hydroxylation is 1. The smallest absolute Gasteiger partial charge is 0.241 e. The third-order valence-electron chi connectivity index (χ3n) is 5.14. The number of amides is 2. The molecule has 4 rings (SSSR count). The molecule has 6 nitrogen and oxygen atoms in total. The van der Waals surface area contributed by atoms with Crippen LogP contribution >= 0.6 is 0 Å². The van der Waals surface area contributed by atoms with Crippen molar-refractivity contribution in [3.8, 4) is 11.3 Å². The van der Waals surface area contributed by atoms with Gasteiger partial charge in [0.05, 0.1) is 5.52 Å². The summed E-state index contributed by atoms with van der Waals surface area (Å²) in [7, 11) is -2.42. The van der Waals surface area contributed by atoms with E-state index in [9.17, 15) is 27.6 Å². The predicted molar refractivity (Wildman–Crippen MR) is 106 cm³/mol. The van der Waals surface area contributed by atoms with Gasteiger partial charge in [-0.25, -0.2) is 13.2 Å². The highest BCUT2D eigenvalue weighted by molar-refractivity contribution is 6.60. The molecule has 3 aromatic rings. The summed E-state index contributed by atoms with van der Waals surface area (Å²) in [6.45, 7) is 0. The lowest BCUT2D eigenvalue weighted by atomic mass is 10.0. The van der Waals surface area contributed by atoms with Crippen LogP contribution < -0.4 is 10.6 Å². The van der Waals surface area contributed by atoms with Crippen molar-refractivity contribution in [3.05, 3.63) is 59.4 Å². The first-order valence-electron chi connectivity index (χ1n) is 9.34. The zero-order valence-electron chi connectivity index (χ0n) is 15.6. The standard InChI is InChI=1S/C20H18F3N3O3Si/c21-11-3-1-10(2-4-11)17-13(14-7-12(22)8-15(23)18(14)26-17)5-6-16(27)25-20-19(28)24-9-30(20)29/h1-4,7-8,20,26,29-30H,5-6,9H2,(H,24,28)(H,25,27)/t20-,30?/m0/s1. The molecule has 0 bridgehead atoms. The molecule has 1 aliphatic rings. The van der Waals surface area contributed by atoms with Gasteiger partial charge in [0.25, 0.3) is 0 Å². The lowest BCUT2D eigenvalue weighted by Crippen LogP contribution is -2.48. The van der Waals surface area contributed by atoms with Crippen molar-refractivity contribution >= 4 is 31.8 Å². The Balaban J connectivity index is 1.64. The lowest BCUT2D eigenvalue weighted by Gasteiger charge is -2.13. The molecule has 30 heavy (non-hydrogen) atoms. The minimum absolute atomic E-state index is 0.0653. The molecule has 2 aromatic carbocycles. The van der Waals surface area contributed by atoms with Gasteiger partial charge in [-0.2, -0.15) is 0 Å². The van der Waals surface area contributed by atoms with E-state index in [0.29, 0.717) is 16.8 Å². The van der Waals surface area contributed by atoms with E-state index in [1.54, 1.807) is 0 Å². The maximum atomic E-state index is 14.3. The highest BCUT2D eigenvalue weighted by Gasteiger charge is 2.36. The first kappa shape index (κ1) is 20.2. The number of fused-ring (bicyclic) bond motifs is 1. The van der Waals surface area contributed by atoms with Gasteiger partial charge < -0.3 is 20.4 Å². The van der Waals surface area contributed by atoms with Crippen molar-refractivity contribution in [2.75, 3.05) is 6.17 Å². The molecule has 156 valence electrons. The summed E-state index contributed by atoms with van der Waals surface area (Å²) < 4.78 is 41.5. The van der Waals surface area contributed by atoms with Crippen LogP contribution in [0.3, 0.4) is 0 Å². The second kappa shape index (κ2) is 7.96. The van der Waals surface area contributed by atoms with Crippen molar-refractivity contribution in [3.63, 3.8) is 0 Å². The van der Waals surface area contributed by atoms with E-state index in [1.807, 2.05) is 0 Å². The van der Waals surface area contributed by atoms with Gasteiger partial charge in [0.15, 0.2) is 0 Å². The molecule has 1 aromatic heterocycles. The molecule has 4 N–H and O–H groups in total. The molecular weight excluding hydrogens is 415 g/mol. The van der Waals surface area contributed by atoms with Crippen LogP contribution in [0, 0.1) is 17.5 Å². The van der Waals surface area contributed by atoms with Gasteiger partial charge in [0, 0.05) is 29.7 Å². The van der Waals surface area contributed by atoms with Crippen LogP contribution in [0.5, 0.6) is 0 Å². The number of H-pyrrole nitrogens is 1. The molecule has 1 saturated heterocycles. The molecule has 2 heterocycles. The maximum Gasteiger partial charge on any atom is 0.241 e. The first-order valence-corrected chi connectivity index (χ1v) is 11.3. The van der Waals surface area contributed by atoms with E-state index in [4.69, 9.17) is 0 Å². The summed E-state index contributed by atoms with van der Waals surface area (Å²) in [6, 6.07) is 7.44. The zero-order chi connectivity index (χ0) is 21.4. The van der Waals surface area contributed by atoms with Gasteiger partial charge in [-0.15, -0.1) is 0 Å². The molecule has 1 fully saturated rings. The summed E-state index contributed by atoms with van der Waals surface area (Å²) in [4.78, 5) is 36.9. The van der Waals surface area contributed by atoms with Crippen LogP contribution in [0.2, 0.25) is 0 Å². The summed E-state index contributed by atoms with van der Waals surface area (Å²) in [5, 5.41) is 5.32. The number of hydrogen-bond donors (Lipinski definition) is 4. The Morgan fingerprint density at radius 3 is 2.57 bits per heavy atom. The molecule has 1 unspecified atom stereocenters. The minimum atomic E-state index is -2.42. The Labute approximate surface area is 170 Å². The van der Waals surface area contributed by atoms with Crippen LogP contribution in [0.4, 0.5) is 13.2 Å². The van der Waals surface area contributed by atoms with E-state index in [0.717, 1.165) is 6.07 Å². The number of carbonyl (C=O) groups excluding carboxylic acids is 2. The molecule has 1 aliphatic heterocycles. The fraction of sp³-hybridized carbons (Fsp3) is 0.200. The number of rotatable bonds is 5. The number of nitrogens with one attached hydrogen (secondary N) is 3. The third-order valence-corrected chi connectivity index (χ3v) is 7.00. The molecular formula is C20H18F3N3O3Si. The molecule has 0 saturated carbocycles. The van der Waals surface area contributed by atoms with Gasteiger partial charge in [-0.3, -0.25) is 9.59 Å². The Morgan fingerprint density at radius 2 is 1.90 bits per heavy atom. The van der Waals surface area contributed by atoms with Crippen molar-refractivity contribution in [1.29, 1.82) is 0 Å². The van der Waals surface area contributed by atoms with E-state index in [1.165, 1.54) is 30.3 Å². The van der Waals surface area contributed by atoms with Crippen molar-refractivity contribution in [2.24, 2.45) is 0 Å². The summed E-state index contributed by atoms with van der Waals surface area (Å²) in [5.74, 6) is -2.84. The Hall–Kier alpha value is -3.11. The van der Waals surface area contributed by atoms with Crippen molar-refractivity contribution in [1.82, 2.24) is 15.6 Å². The molecule has 0 spiro atoms. The average molecular weight is 433 g/mol. The zero-order valence-corrected chi connectivity index (χ0v) is 16.8. The minimum Gasteiger partial charge on any atom is -0.430 e. The van der Waals surface area contributed by atoms with Crippen LogP contribution in [0.15, 0.2) is 36.4 Å². The second-order valence-electron chi connectivity index (χ2n) is 7.15. The molecule has 0 radical (unpaired) electrons. The fourth-order valence-electron chi connectivity index (χ4n) is 3.65. The molecule has 10 heteroatoms. The predicted octanol–water partition coefficient (Wildman–Crippen LogP) is 1.59. The second-order valence-corrected chi connectivity index (χ2v) is 9.36. The Morgan fingerprint density at radius 1 is 1.17 bits per heavy atom. The van der Waals surface area contributed by atoms with E-state index in [2.05, 4.69) is 15.6 Å². The molecule has 2 atom stereocenters. The van der Waals surface area contributed by atoms with Gasteiger partial charge in [0.2, 0.25) is 20.9 Å². The highest BCUT2D eigenvalue weighted by atomic mass is 28.3. The fourth-order valence-corrected chi connectivity index (χ4v) is 5.14. The first-order chi connectivity index (χ1) is 14.3. The average Bonchev–Trinajstić information content (AvgIpc) is 3.22. The number of aromatic nitrogens is 1. The Kier molecular flexibility index (Phi) is 5.35. The van der Waals surface area contributed by atoms with Crippen LogP contribution in [0.1, 0.15) is 12.0 Å². The normalized spacial score (nSPS) is 18.6. The monoisotopic (exact) mass is 433 g/mol. The van der Waals surface area contributed by atoms with Crippen molar-refractivity contribution < 1.29 is 27.6 Å². The topological polar surface area (TPSA) is 94.2 Å². The van der Waals surface area contributed by atoms with E-state index >= 15 is 0 Å². The van der Waals surface area contributed by atoms with Gasteiger partial charge in [-0.1, -0.05) is 0 Å². The number of halogens is 3.